The number of nitrogens with zero attached hydrogens (tertiary/aromatic N) is 2. The molecule has 0 spiro atoms. The van der Waals surface area contributed by atoms with Gasteiger partial charge in [0.1, 0.15) is 11.5 Å². The summed E-state index contributed by atoms with van der Waals surface area (Å²) in [4.78, 5) is 10.1. The van der Waals surface area contributed by atoms with Crippen molar-refractivity contribution in [1.29, 1.82) is 0 Å². The van der Waals surface area contributed by atoms with Crippen LogP contribution in [0.4, 0.5) is 0 Å². The Morgan fingerprint density at radius 3 is 1.06 bits per heavy atom. The quantitative estimate of drug-likeness (QED) is 0.116. The number of benzene rings is 6. The van der Waals surface area contributed by atoms with Gasteiger partial charge in [0.05, 0.1) is 12.1 Å². The minimum atomic E-state index is -0.947. The molecule has 1 aliphatic carbocycles. The van der Waals surface area contributed by atoms with E-state index in [0.717, 1.165) is 47.4 Å². The van der Waals surface area contributed by atoms with Gasteiger partial charge in [0.2, 0.25) is 0 Å². The van der Waals surface area contributed by atoms with E-state index in [9.17, 15) is 10.2 Å². The predicted octanol–water partition coefficient (Wildman–Crippen LogP) is 7.46. The standard InChI is InChI=1S/C44H40N2O2P2/c47-43-33(17-15-29-41(43)49(35-19-5-1-6-20-35)36-21-7-2-8-22-36)31-45-39-27-13-14-28-40(39)46-32-34-18-16-30-42(44(34)48)50(37-23-9-3-10-24-37)38-25-11-4-12-26-38/h1-12,15-26,29-32,39-40,47-48H,13-14,27-28H2/t39-,40-/m1/s1. The largest absolute Gasteiger partial charge is 0.507 e. The zero-order valence-corrected chi connectivity index (χ0v) is 29.6. The van der Waals surface area contributed by atoms with Gasteiger partial charge in [-0.2, -0.15) is 0 Å². The van der Waals surface area contributed by atoms with Crippen molar-refractivity contribution in [2.24, 2.45) is 9.98 Å². The van der Waals surface area contributed by atoms with Crippen LogP contribution in [0, 0.1) is 0 Å². The van der Waals surface area contributed by atoms with Crippen molar-refractivity contribution in [2.75, 3.05) is 0 Å². The third-order valence-electron chi connectivity index (χ3n) is 9.14. The van der Waals surface area contributed by atoms with Crippen LogP contribution in [0.15, 0.2) is 168 Å². The molecule has 6 heteroatoms. The maximum absolute atomic E-state index is 11.7. The minimum absolute atomic E-state index is 0.0103. The number of para-hydroxylation sites is 2. The van der Waals surface area contributed by atoms with E-state index in [2.05, 4.69) is 97.1 Å². The Hall–Kier alpha value is -4.88. The number of rotatable bonds is 10. The second-order valence-electron chi connectivity index (χ2n) is 12.4. The van der Waals surface area contributed by atoms with Crippen LogP contribution in [-0.4, -0.2) is 34.7 Å². The summed E-state index contributed by atoms with van der Waals surface area (Å²) in [6, 6.07) is 53.7. The number of hydrogen-bond acceptors (Lipinski definition) is 4. The average molecular weight is 691 g/mol. The molecule has 50 heavy (non-hydrogen) atoms. The monoisotopic (exact) mass is 690 g/mol. The molecule has 0 unspecified atom stereocenters. The predicted molar refractivity (Wildman–Crippen MR) is 215 cm³/mol. The highest BCUT2D eigenvalue weighted by Gasteiger charge is 2.25. The molecule has 0 saturated heterocycles. The Morgan fingerprint density at radius 1 is 0.420 bits per heavy atom. The molecule has 0 aromatic heterocycles. The van der Waals surface area contributed by atoms with Gasteiger partial charge in [-0.15, -0.1) is 0 Å². The van der Waals surface area contributed by atoms with Gasteiger partial charge in [-0.05, 0) is 62.0 Å². The van der Waals surface area contributed by atoms with Crippen molar-refractivity contribution >= 4 is 60.1 Å². The number of phenolic OH excluding ortho intramolecular Hbond substituents is 2. The van der Waals surface area contributed by atoms with Gasteiger partial charge in [-0.25, -0.2) is 0 Å². The van der Waals surface area contributed by atoms with E-state index in [1.807, 2.05) is 73.1 Å². The molecule has 4 nitrogen and oxygen atoms in total. The highest BCUT2D eigenvalue weighted by molar-refractivity contribution is 7.80. The van der Waals surface area contributed by atoms with Gasteiger partial charge in [-0.3, -0.25) is 9.98 Å². The van der Waals surface area contributed by atoms with Crippen molar-refractivity contribution in [1.82, 2.24) is 0 Å². The Bertz CT molecular complexity index is 1830. The lowest BCUT2D eigenvalue weighted by Crippen LogP contribution is -2.27. The smallest absolute Gasteiger partial charge is 0.132 e. The van der Waals surface area contributed by atoms with Crippen molar-refractivity contribution in [3.8, 4) is 11.5 Å². The molecule has 7 rings (SSSR count). The van der Waals surface area contributed by atoms with E-state index >= 15 is 0 Å². The maximum atomic E-state index is 11.7. The first kappa shape index (κ1) is 33.6. The van der Waals surface area contributed by atoms with Crippen LogP contribution in [0.1, 0.15) is 36.8 Å². The summed E-state index contributed by atoms with van der Waals surface area (Å²) >= 11 is 0. The molecule has 6 aromatic carbocycles. The molecule has 0 bridgehead atoms. The maximum Gasteiger partial charge on any atom is 0.132 e. The van der Waals surface area contributed by atoms with Crippen LogP contribution >= 0.6 is 15.8 Å². The Labute approximate surface area is 297 Å². The molecule has 248 valence electrons. The second kappa shape index (κ2) is 16.2. The van der Waals surface area contributed by atoms with E-state index in [-0.39, 0.29) is 23.6 Å². The van der Waals surface area contributed by atoms with Gasteiger partial charge < -0.3 is 10.2 Å². The Kier molecular flexibility index (Phi) is 10.9. The molecule has 2 N–H and O–H groups in total. The van der Waals surface area contributed by atoms with Gasteiger partial charge in [-0.1, -0.05) is 158 Å². The Morgan fingerprint density at radius 2 is 0.740 bits per heavy atom. The van der Waals surface area contributed by atoms with Crippen molar-refractivity contribution in [2.45, 2.75) is 37.8 Å². The number of phenols is 2. The first-order chi connectivity index (χ1) is 24.7. The topological polar surface area (TPSA) is 65.2 Å². The summed E-state index contributed by atoms with van der Waals surface area (Å²) in [5.41, 5.74) is 1.44. The molecule has 0 amide bonds. The number of aromatic hydroxyl groups is 2. The molecular weight excluding hydrogens is 650 g/mol. The lowest BCUT2D eigenvalue weighted by molar-refractivity contribution is 0.390. The molecule has 0 aliphatic heterocycles. The van der Waals surface area contributed by atoms with Crippen molar-refractivity contribution in [3.63, 3.8) is 0 Å². The lowest BCUT2D eigenvalue weighted by atomic mass is 9.91. The third kappa shape index (κ3) is 7.63. The Balaban J connectivity index is 1.15. The summed E-state index contributed by atoms with van der Waals surface area (Å²) in [6.07, 6.45) is 7.72. The third-order valence-corrected chi connectivity index (χ3v) is 14.1. The van der Waals surface area contributed by atoms with Gasteiger partial charge >= 0.3 is 0 Å². The first-order valence-corrected chi connectivity index (χ1v) is 19.9. The van der Waals surface area contributed by atoms with Crippen molar-refractivity contribution in [3.05, 3.63) is 169 Å². The molecule has 0 heterocycles. The van der Waals surface area contributed by atoms with E-state index in [4.69, 9.17) is 9.98 Å². The van der Waals surface area contributed by atoms with Crippen LogP contribution in [0.2, 0.25) is 0 Å². The summed E-state index contributed by atoms with van der Waals surface area (Å²) < 4.78 is 0. The fourth-order valence-electron chi connectivity index (χ4n) is 6.62. The molecule has 0 radical (unpaired) electrons. The van der Waals surface area contributed by atoms with Gasteiger partial charge in [0, 0.05) is 34.2 Å². The van der Waals surface area contributed by atoms with Gasteiger partial charge in [0.25, 0.3) is 0 Å². The van der Waals surface area contributed by atoms with Crippen LogP contribution in [0.25, 0.3) is 0 Å². The molecule has 6 aromatic rings. The van der Waals surface area contributed by atoms with Gasteiger partial charge in [0.15, 0.2) is 0 Å². The fourth-order valence-corrected chi connectivity index (χ4v) is 11.4. The normalized spacial score (nSPS) is 16.4. The molecule has 1 saturated carbocycles. The molecule has 1 aliphatic rings. The van der Waals surface area contributed by atoms with E-state index in [1.54, 1.807) is 0 Å². The summed E-state index contributed by atoms with van der Waals surface area (Å²) in [5.74, 6) is 0.557. The molecular formula is C44H40N2O2P2. The number of hydrogen-bond donors (Lipinski definition) is 2. The fraction of sp³-hybridized carbons (Fsp3) is 0.136. The summed E-state index contributed by atoms with van der Waals surface area (Å²) in [6.45, 7) is 0. The van der Waals surface area contributed by atoms with Crippen LogP contribution in [0.5, 0.6) is 11.5 Å². The highest BCUT2D eigenvalue weighted by atomic mass is 31.1. The lowest BCUT2D eigenvalue weighted by Gasteiger charge is -2.26. The molecule has 2 atom stereocenters. The number of aliphatic imine (C=N–C) groups is 2. The van der Waals surface area contributed by atoms with Crippen LogP contribution in [0.3, 0.4) is 0 Å². The van der Waals surface area contributed by atoms with E-state index in [1.165, 1.54) is 21.2 Å². The summed E-state index contributed by atoms with van der Waals surface area (Å²) in [7, 11) is -1.89. The van der Waals surface area contributed by atoms with Crippen LogP contribution < -0.4 is 31.8 Å². The highest BCUT2D eigenvalue weighted by Crippen LogP contribution is 2.38. The minimum Gasteiger partial charge on any atom is -0.507 e. The summed E-state index contributed by atoms with van der Waals surface area (Å²) in [5, 5.41) is 29.9. The van der Waals surface area contributed by atoms with E-state index < -0.39 is 15.8 Å². The SMILES string of the molecule is Oc1c(C=N[C@@H]2CCCC[C@H]2N=Cc2cccc(P(c3ccccc3)c3ccccc3)c2O)cccc1P(c1ccccc1)c1ccccc1. The average Bonchev–Trinajstić information content (AvgIpc) is 3.17. The zero-order chi connectivity index (χ0) is 34.1. The zero-order valence-electron chi connectivity index (χ0n) is 27.8. The first-order valence-electron chi connectivity index (χ1n) is 17.2. The van der Waals surface area contributed by atoms with Crippen LogP contribution in [-0.2, 0) is 0 Å². The van der Waals surface area contributed by atoms with Crippen molar-refractivity contribution < 1.29 is 10.2 Å². The second-order valence-corrected chi connectivity index (χ2v) is 16.8. The molecule has 1 fully saturated rings. The van der Waals surface area contributed by atoms with E-state index in [0.29, 0.717) is 0 Å².